The normalized spacial score (nSPS) is 12.0. The average Bonchev–Trinajstić information content (AvgIpc) is 2.80. The van der Waals surface area contributed by atoms with Crippen molar-refractivity contribution in [3.63, 3.8) is 0 Å². The van der Waals surface area contributed by atoms with Crippen LogP contribution in [0.4, 0.5) is 11.4 Å². The van der Waals surface area contributed by atoms with Crippen LogP contribution >= 0.6 is 0 Å². The molecule has 3 rings (SSSR count). The molecule has 0 aliphatic heterocycles. The van der Waals surface area contributed by atoms with Crippen LogP contribution in [0.5, 0.6) is 5.75 Å². The van der Waals surface area contributed by atoms with Crippen LogP contribution in [-0.4, -0.2) is 17.0 Å². The fourth-order valence-corrected chi connectivity index (χ4v) is 3.62. The Kier molecular flexibility index (Phi) is 7.62. The molecule has 3 aromatic rings. The molecule has 0 radical (unpaired) electrons. The molecular weight excluding hydrogens is 454 g/mol. The molecule has 7 heteroatoms. The van der Waals surface area contributed by atoms with Crippen LogP contribution in [0.25, 0.3) is 0 Å². The van der Waals surface area contributed by atoms with Crippen molar-refractivity contribution in [3.05, 3.63) is 88.5 Å². The Morgan fingerprint density at radius 2 is 1.42 bits per heavy atom. The molecule has 36 heavy (non-hydrogen) atoms. The van der Waals surface area contributed by atoms with E-state index in [0.717, 1.165) is 5.56 Å². The van der Waals surface area contributed by atoms with Crippen molar-refractivity contribution in [2.75, 3.05) is 5.48 Å². The maximum Gasteiger partial charge on any atom is 0.363 e. The predicted octanol–water partition coefficient (Wildman–Crippen LogP) is 7.40. The van der Waals surface area contributed by atoms with Gasteiger partial charge in [-0.3, -0.25) is 4.79 Å². The highest BCUT2D eigenvalue weighted by Crippen LogP contribution is 2.40. The number of benzene rings is 3. The highest BCUT2D eigenvalue weighted by molar-refractivity contribution is 5.95. The first kappa shape index (κ1) is 26.6. The molecule has 0 aliphatic carbocycles. The predicted molar refractivity (Wildman–Crippen MR) is 141 cm³/mol. The molecule has 188 valence electrons. The lowest BCUT2D eigenvalue weighted by Gasteiger charge is -2.27. The summed E-state index contributed by atoms with van der Waals surface area (Å²) in [5, 5.41) is 18.8. The third kappa shape index (κ3) is 6.36. The van der Waals surface area contributed by atoms with Gasteiger partial charge in [0.2, 0.25) is 0 Å². The third-order valence-corrected chi connectivity index (χ3v) is 5.72. The van der Waals surface area contributed by atoms with Gasteiger partial charge < -0.3 is 9.94 Å². The number of carbonyl (C=O) groups is 2. The number of aromatic hydroxyl groups is 1. The van der Waals surface area contributed by atoms with Crippen molar-refractivity contribution in [1.82, 2.24) is 0 Å². The standard InChI is InChI=1S/C29H33N3O4/c1-18-10-8-9-11-22(18)27(35)36-32-21-14-12-20(13-15-21)30-31-26(34)19-16-23(28(2,3)4)25(33)24(17-19)29(5,6)7/h8-17,32-33H,1-7H3. The minimum absolute atomic E-state index is 0.203. The molecule has 3 aromatic carbocycles. The van der Waals surface area contributed by atoms with E-state index >= 15 is 0 Å². The van der Waals surface area contributed by atoms with Gasteiger partial charge in [0.05, 0.1) is 16.9 Å². The lowest BCUT2D eigenvalue weighted by atomic mass is 9.78. The first-order valence-corrected chi connectivity index (χ1v) is 11.7. The van der Waals surface area contributed by atoms with E-state index in [9.17, 15) is 14.7 Å². The smallest absolute Gasteiger partial charge is 0.363 e. The molecule has 0 bridgehead atoms. The number of hydrogen-bond donors (Lipinski definition) is 2. The maximum atomic E-state index is 12.9. The van der Waals surface area contributed by atoms with E-state index in [-0.39, 0.29) is 16.6 Å². The largest absolute Gasteiger partial charge is 0.507 e. The van der Waals surface area contributed by atoms with E-state index in [0.29, 0.717) is 33.6 Å². The molecule has 0 unspecified atom stereocenters. The second-order valence-electron chi connectivity index (χ2n) is 10.8. The number of phenolic OH excluding ortho intramolecular Hbond substituents is 1. The molecule has 0 saturated carbocycles. The van der Waals surface area contributed by atoms with E-state index in [1.54, 1.807) is 48.5 Å². The van der Waals surface area contributed by atoms with Gasteiger partial charge in [0.25, 0.3) is 5.91 Å². The van der Waals surface area contributed by atoms with Crippen LogP contribution in [0.15, 0.2) is 70.9 Å². The summed E-state index contributed by atoms with van der Waals surface area (Å²) in [5.41, 5.74) is 5.95. The van der Waals surface area contributed by atoms with Crippen molar-refractivity contribution >= 4 is 23.3 Å². The molecule has 1 amide bonds. The van der Waals surface area contributed by atoms with Crippen molar-refractivity contribution in [2.45, 2.75) is 59.3 Å². The van der Waals surface area contributed by atoms with E-state index < -0.39 is 11.9 Å². The summed E-state index contributed by atoms with van der Waals surface area (Å²) in [5.74, 6) is -0.782. The number of phenols is 1. The quantitative estimate of drug-likeness (QED) is 0.288. The summed E-state index contributed by atoms with van der Waals surface area (Å²) in [6, 6.07) is 17.2. The van der Waals surface area contributed by atoms with Crippen molar-refractivity contribution in [1.29, 1.82) is 0 Å². The Labute approximate surface area is 212 Å². The van der Waals surface area contributed by atoms with Crippen LogP contribution in [0, 0.1) is 6.92 Å². The third-order valence-electron chi connectivity index (χ3n) is 5.72. The Balaban J connectivity index is 1.73. The van der Waals surface area contributed by atoms with E-state index in [1.807, 2.05) is 60.6 Å². The Morgan fingerprint density at radius 1 is 0.861 bits per heavy atom. The van der Waals surface area contributed by atoms with Gasteiger partial charge in [-0.15, -0.1) is 10.2 Å². The van der Waals surface area contributed by atoms with Gasteiger partial charge >= 0.3 is 5.97 Å². The van der Waals surface area contributed by atoms with Gasteiger partial charge in [0, 0.05) is 16.7 Å². The van der Waals surface area contributed by atoms with Crippen molar-refractivity contribution < 1.29 is 19.5 Å². The Hall–Kier alpha value is -4.00. The lowest BCUT2D eigenvalue weighted by Crippen LogP contribution is -2.18. The number of azo groups is 1. The number of hydrogen-bond acceptors (Lipinski definition) is 6. The minimum Gasteiger partial charge on any atom is -0.507 e. The number of aryl methyl sites for hydroxylation is 1. The summed E-state index contributed by atoms with van der Waals surface area (Å²) >= 11 is 0. The Morgan fingerprint density at radius 3 is 1.94 bits per heavy atom. The molecule has 0 heterocycles. The first-order chi connectivity index (χ1) is 16.8. The molecule has 0 fully saturated rings. The monoisotopic (exact) mass is 487 g/mol. The zero-order chi connectivity index (χ0) is 26.7. The zero-order valence-electron chi connectivity index (χ0n) is 21.8. The summed E-state index contributed by atoms with van der Waals surface area (Å²) in [4.78, 5) is 30.3. The molecule has 0 aromatic heterocycles. The second kappa shape index (κ2) is 10.3. The number of rotatable bonds is 5. The molecule has 0 atom stereocenters. The number of amides is 1. The van der Waals surface area contributed by atoms with E-state index in [4.69, 9.17) is 4.84 Å². The van der Waals surface area contributed by atoms with Gasteiger partial charge in [0.1, 0.15) is 5.75 Å². The van der Waals surface area contributed by atoms with E-state index in [2.05, 4.69) is 15.7 Å². The fourth-order valence-electron chi connectivity index (χ4n) is 3.62. The minimum atomic E-state index is -0.500. The summed E-state index contributed by atoms with van der Waals surface area (Å²) in [7, 11) is 0. The van der Waals surface area contributed by atoms with Crippen LogP contribution in [0.3, 0.4) is 0 Å². The highest BCUT2D eigenvalue weighted by Gasteiger charge is 2.27. The van der Waals surface area contributed by atoms with Crippen LogP contribution in [-0.2, 0) is 15.7 Å². The SMILES string of the molecule is Cc1ccccc1C(=O)ONc1ccc(N=NC(=O)c2cc(C(C)(C)C)c(O)c(C(C)(C)C)c2)cc1. The van der Waals surface area contributed by atoms with Crippen molar-refractivity contribution in [2.24, 2.45) is 10.2 Å². The summed E-state index contributed by atoms with van der Waals surface area (Å²) < 4.78 is 0. The summed E-state index contributed by atoms with van der Waals surface area (Å²) in [6.45, 7) is 13.7. The topological polar surface area (TPSA) is 100 Å². The maximum absolute atomic E-state index is 12.9. The van der Waals surface area contributed by atoms with Gasteiger partial charge in [-0.2, -0.15) is 0 Å². The lowest BCUT2D eigenvalue weighted by molar-refractivity contribution is 0.0595. The van der Waals surface area contributed by atoms with Crippen LogP contribution in [0.2, 0.25) is 0 Å². The van der Waals surface area contributed by atoms with Gasteiger partial charge in [0.15, 0.2) is 0 Å². The number of anilines is 1. The summed E-state index contributed by atoms with van der Waals surface area (Å²) in [6.07, 6.45) is 0. The highest BCUT2D eigenvalue weighted by atomic mass is 16.7. The van der Waals surface area contributed by atoms with Crippen molar-refractivity contribution in [3.8, 4) is 5.75 Å². The number of nitrogens with one attached hydrogen (secondary N) is 1. The Bertz CT molecular complexity index is 1260. The zero-order valence-corrected chi connectivity index (χ0v) is 21.8. The van der Waals surface area contributed by atoms with Gasteiger partial charge in [-0.25, -0.2) is 10.3 Å². The molecule has 0 aliphatic rings. The van der Waals surface area contributed by atoms with Gasteiger partial charge in [-0.05, 0) is 65.8 Å². The molecule has 0 saturated heterocycles. The molecule has 7 nitrogen and oxygen atoms in total. The van der Waals surface area contributed by atoms with E-state index in [1.165, 1.54) is 0 Å². The van der Waals surface area contributed by atoms with Crippen LogP contribution < -0.4 is 5.48 Å². The van der Waals surface area contributed by atoms with Crippen LogP contribution in [0.1, 0.15) is 78.9 Å². The molecular formula is C29H33N3O4. The second-order valence-corrected chi connectivity index (χ2v) is 10.8. The molecule has 0 spiro atoms. The average molecular weight is 488 g/mol. The molecule has 2 N–H and O–H groups in total. The number of nitrogens with zero attached hydrogens (tertiary/aromatic N) is 2. The first-order valence-electron chi connectivity index (χ1n) is 11.7. The number of carbonyl (C=O) groups excluding carboxylic acids is 2. The fraction of sp³-hybridized carbons (Fsp3) is 0.310. The van der Waals surface area contributed by atoms with Gasteiger partial charge in [-0.1, -0.05) is 59.7 Å².